The zero-order valence-electron chi connectivity index (χ0n) is 15.0. The fraction of sp³-hybridized carbons (Fsp3) is 0.368. The second kappa shape index (κ2) is 8.49. The molecule has 0 unspecified atom stereocenters. The van der Waals surface area contributed by atoms with Gasteiger partial charge in [-0.05, 0) is 36.6 Å². The lowest BCUT2D eigenvalue weighted by Crippen LogP contribution is -2.31. The van der Waals surface area contributed by atoms with Crippen LogP contribution in [0, 0.1) is 10.1 Å². The lowest BCUT2D eigenvalue weighted by molar-refractivity contribution is -0.384. The van der Waals surface area contributed by atoms with E-state index in [-0.39, 0.29) is 10.6 Å². The molecule has 0 saturated carbocycles. The van der Waals surface area contributed by atoms with Gasteiger partial charge < -0.3 is 5.32 Å². The number of nitrogens with zero attached hydrogens (tertiary/aromatic N) is 2. The molecule has 8 heteroatoms. The molecule has 0 aliphatic carbocycles. The van der Waals surface area contributed by atoms with E-state index >= 15 is 0 Å². The molecule has 2 aromatic rings. The number of hydrogen-bond donors (Lipinski definition) is 1. The maximum Gasteiger partial charge on any atom is 0.269 e. The summed E-state index contributed by atoms with van der Waals surface area (Å²) in [5.74, 6) is 0. The van der Waals surface area contributed by atoms with Crippen LogP contribution in [0.3, 0.4) is 0 Å². The lowest BCUT2D eigenvalue weighted by Gasteiger charge is -2.20. The van der Waals surface area contributed by atoms with E-state index in [1.54, 1.807) is 40.7 Å². The van der Waals surface area contributed by atoms with E-state index in [0.717, 1.165) is 31.2 Å². The molecule has 144 valence electrons. The Hall–Kier alpha value is -2.45. The zero-order valence-corrected chi connectivity index (χ0v) is 15.8. The molecule has 1 saturated heterocycles. The third kappa shape index (κ3) is 4.84. The molecular weight excluding hydrogens is 366 g/mol. The van der Waals surface area contributed by atoms with Gasteiger partial charge >= 0.3 is 0 Å². The lowest BCUT2D eigenvalue weighted by atomic mass is 10.2. The summed E-state index contributed by atoms with van der Waals surface area (Å²) < 4.78 is 27.4. The van der Waals surface area contributed by atoms with Gasteiger partial charge in [0.2, 0.25) is 10.0 Å². The van der Waals surface area contributed by atoms with Gasteiger partial charge in [0.15, 0.2) is 0 Å². The molecular formula is C19H23N3O4S. The molecule has 0 bridgehead atoms. The number of benzene rings is 2. The van der Waals surface area contributed by atoms with E-state index in [4.69, 9.17) is 0 Å². The van der Waals surface area contributed by atoms with Crippen LogP contribution in [-0.4, -0.2) is 30.7 Å². The van der Waals surface area contributed by atoms with Crippen LogP contribution in [-0.2, 0) is 16.6 Å². The molecule has 1 N–H and O–H groups in total. The van der Waals surface area contributed by atoms with E-state index in [0.29, 0.717) is 25.3 Å². The van der Waals surface area contributed by atoms with E-state index in [9.17, 15) is 18.5 Å². The second-order valence-corrected chi connectivity index (χ2v) is 8.56. The molecule has 0 spiro atoms. The molecule has 3 rings (SSSR count). The minimum atomic E-state index is -3.50. The van der Waals surface area contributed by atoms with Gasteiger partial charge in [-0.15, -0.1) is 0 Å². The average molecular weight is 389 g/mol. The van der Waals surface area contributed by atoms with Crippen LogP contribution in [0.25, 0.3) is 0 Å². The quantitative estimate of drug-likeness (QED) is 0.600. The highest BCUT2D eigenvalue weighted by Crippen LogP contribution is 2.23. The summed E-state index contributed by atoms with van der Waals surface area (Å²) in [6.45, 7) is 1.50. The third-order valence-corrected chi connectivity index (χ3v) is 6.55. The van der Waals surface area contributed by atoms with Gasteiger partial charge in [-0.3, -0.25) is 10.1 Å². The van der Waals surface area contributed by atoms with E-state index in [1.807, 2.05) is 0 Å². The van der Waals surface area contributed by atoms with Crippen LogP contribution < -0.4 is 5.32 Å². The van der Waals surface area contributed by atoms with Crippen molar-refractivity contribution in [2.24, 2.45) is 0 Å². The molecule has 1 aliphatic rings. The molecule has 1 heterocycles. The van der Waals surface area contributed by atoms with Crippen molar-refractivity contribution in [3.05, 3.63) is 64.2 Å². The van der Waals surface area contributed by atoms with Gasteiger partial charge in [-0.2, -0.15) is 4.31 Å². The van der Waals surface area contributed by atoms with E-state index in [2.05, 4.69) is 5.32 Å². The van der Waals surface area contributed by atoms with Crippen molar-refractivity contribution >= 4 is 21.4 Å². The van der Waals surface area contributed by atoms with Crippen molar-refractivity contribution in [2.75, 3.05) is 18.4 Å². The summed E-state index contributed by atoms with van der Waals surface area (Å²) in [6, 6.07) is 13.1. The van der Waals surface area contributed by atoms with Crippen molar-refractivity contribution in [2.45, 2.75) is 37.1 Å². The Balaban J connectivity index is 1.73. The smallest absolute Gasteiger partial charge is 0.269 e. The van der Waals surface area contributed by atoms with Crippen LogP contribution in [0.4, 0.5) is 11.4 Å². The Morgan fingerprint density at radius 1 is 1.00 bits per heavy atom. The number of sulfonamides is 1. The second-order valence-electron chi connectivity index (χ2n) is 6.63. The van der Waals surface area contributed by atoms with Crippen molar-refractivity contribution in [3.8, 4) is 0 Å². The Kier molecular flexibility index (Phi) is 6.08. The van der Waals surface area contributed by atoms with Gasteiger partial charge in [0.25, 0.3) is 5.69 Å². The normalized spacial score (nSPS) is 15.9. The first-order valence-corrected chi connectivity index (χ1v) is 10.5. The molecule has 1 aliphatic heterocycles. The molecule has 0 aromatic heterocycles. The summed E-state index contributed by atoms with van der Waals surface area (Å²) in [4.78, 5) is 10.7. The summed E-state index contributed by atoms with van der Waals surface area (Å²) in [5.41, 5.74) is 1.45. The zero-order chi connectivity index (χ0) is 19.3. The topological polar surface area (TPSA) is 92.5 Å². The van der Waals surface area contributed by atoms with Crippen LogP contribution in [0.2, 0.25) is 0 Å². The predicted octanol–water partition coefficient (Wildman–Crippen LogP) is 3.77. The maximum atomic E-state index is 12.9. The largest absolute Gasteiger partial charge is 0.381 e. The predicted molar refractivity (Wildman–Crippen MR) is 104 cm³/mol. The summed E-state index contributed by atoms with van der Waals surface area (Å²) in [5, 5.41) is 14.0. The number of hydrogen-bond acceptors (Lipinski definition) is 5. The van der Waals surface area contributed by atoms with Gasteiger partial charge in [0, 0.05) is 37.5 Å². The first kappa shape index (κ1) is 19.3. The standard InChI is InChI=1S/C19H23N3O4S/c23-22(24)18-9-5-7-16(13-18)15-20-17-8-6-10-19(14-17)27(25,26)21-11-3-1-2-4-12-21/h5-10,13-14,20H,1-4,11-12,15H2. The molecule has 1 fully saturated rings. The van der Waals surface area contributed by atoms with Gasteiger partial charge in [-0.1, -0.05) is 31.0 Å². The average Bonchev–Trinajstić information content (AvgIpc) is 2.97. The van der Waals surface area contributed by atoms with E-state index < -0.39 is 14.9 Å². The number of anilines is 1. The molecule has 0 amide bonds. The molecule has 27 heavy (non-hydrogen) atoms. The number of nitro benzene ring substituents is 1. The number of non-ortho nitro benzene ring substituents is 1. The minimum Gasteiger partial charge on any atom is -0.381 e. The van der Waals surface area contributed by atoms with Crippen LogP contribution in [0.1, 0.15) is 31.2 Å². The molecule has 0 radical (unpaired) electrons. The monoisotopic (exact) mass is 389 g/mol. The number of nitrogens with one attached hydrogen (secondary N) is 1. The minimum absolute atomic E-state index is 0.0341. The van der Waals surface area contributed by atoms with Crippen molar-refractivity contribution in [3.63, 3.8) is 0 Å². The Morgan fingerprint density at radius 3 is 2.41 bits per heavy atom. The van der Waals surface area contributed by atoms with Crippen LogP contribution >= 0.6 is 0 Å². The van der Waals surface area contributed by atoms with Crippen LogP contribution in [0.15, 0.2) is 53.4 Å². The maximum absolute atomic E-state index is 12.9. The third-order valence-electron chi connectivity index (χ3n) is 4.65. The van der Waals surface area contributed by atoms with Gasteiger partial charge in [-0.25, -0.2) is 8.42 Å². The van der Waals surface area contributed by atoms with E-state index in [1.165, 1.54) is 12.1 Å². The van der Waals surface area contributed by atoms with Crippen molar-refractivity contribution in [1.82, 2.24) is 4.31 Å². The highest BCUT2D eigenvalue weighted by molar-refractivity contribution is 7.89. The SMILES string of the molecule is O=[N+]([O-])c1cccc(CNc2cccc(S(=O)(=O)N3CCCCCC3)c2)c1. The van der Waals surface area contributed by atoms with Gasteiger partial charge in [0.1, 0.15) is 0 Å². The highest BCUT2D eigenvalue weighted by atomic mass is 32.2. The molecule has 2 aromatic carbocycles. The fourth-order valence-electron chi connectivity index (χ4n) is 3.18. The Bertz CT molecular complexity index is 907. The molecule has 0 atom stereocenters. The van der Waals surface area contributed by atoms with Crippen LogP contribution in [0.5, 0.6) is 0 Å². The summed E-state index contributed by atoms with van der Waals surface area (Å²) in [6.07, 6.45) is 3.92. The molecule has 7 nitrogen and oxygen atoms in total. The first-order chi connectivity index (χ1) is 13.0. The Labute approximate surface area is 159 Å². The summed E-state index contributed by atoms with van der Waals surface area (Å²) >= 11 is 0. The number of nitro groups is 1. The first-order valence-electron chi connectivity index (χ1n) is 9.04. The Morgan fingerprint density at radius 2 is 1.70 bits per heavy atom. The highest BCUT2D eigenvalue weighted by Gasteiger charge is 2.25. The van der Waals surface area contributed by atoms with Crippen molar-refractivity contribution < 1.29 is 13.3 Å². The van der Waals surface area contributed by atoms with Gasteiger partial charge in [0.05, 0.1) is 9.82 Å². The fourth-order valence-corrected chi connectivity index (χ4v) is 4.75. The number of rotatable bonds is 6. The van der Waals surface area contributed by atoms with Crippen molar-refractivity contribution in [1.29, 1.82) is 0 Å². The summed E-state index contributed by atoms with van der Waals surface area (Å²) in [7, 11) is -3.50.